The van der Waals surface area contributed by atoms with Gasteiger partial charge in [0.1, 0.15) is 11.4 Å². The highest BCUT2D eigenvalue weighted by atomic mass is 19.1. The molecule has 1 aliphatic heterocycles. The number of aromatic carboxylic acids is 1. The Morgan fingerprint density at radius 1 is 1.17 bits per heavy atom. The van der Waals surface area contributed by atoms with Crippen LogP contribution in [0.15, 0.2) is 18.2 Å². The molecule has 0 bridgehead atoms. The Morgan fingerprint density at radius 3 is 2.30 bits per heavy atom. The Kier molecular flexibility index (Phi) is 4.77. The third-order valence-electron chi connectivity index (χ3n) is 3.46. The molecule has 1 aliphatic rings. The minimum Gasteiger partial charge on any atom is -0.478 e. The van der Waals surface area contributed by atoms with Gasteiger partial charge in [0.2, 0.25) is 0 Å². The highest BCUT2D eigenvalue weighted by molar-refractivity contribution is 5.94. The summed E-state index contributed by atoms with van der Waals surface area (Å²) in [5, 5.41) is 9.21. The van der Waals surface area contributed by atoms with Crippen LogP contribution in [0.2, 0.25) is 0 Å². The van der Waals surface area contributed by atoms with E-state index in [0.29, 0.717) is 31.9 Å². The lowest BCUT2D eigenvalue weighted by atomic mass is 10.1. The first-order chi connectivity index (χ1) is 10.7. The maximum atomic E-state index is 13.2. The van der Waals surface area contributed by atoms with E-state index in [1.54, 1.807) is 25.7 Å². The van der Waals surface area contributed by atoms with Crippen LogP contribution < -0.4 is 4.90 Å². The number of amides is 1. The number of carboxylic acids is 1. The van der Waals surface area contributed by atoms with E-state index in [2.05, 4.69) is 0 Å². The summed E-state index contributed by atoms with van der Waals surface area (Å²) in [7, 11) is 0. The number of hydrogen-bond donors (Lipinski definition) is 1. The number of rotatable bonds is 2. The van der Waals surface area contributed by atoms with Gasteiger partial charge in [-0.25, -0.2) is 14.0 Å². The molecule has 0 atom stereocenters. The first kappa shape index (κ1) is 17.1. The number of hydrogen-bond acceptors (Lipinski definition) is 4. The largest absolute Gasteiger partial charge is 0.478 e. The number of nitrogens with zero attached hydrogens (tertiary/aromatic N) is 2. The molecule has 0 spiro atoms. The minimum atomic E-state index is -1.17. The molecule has 0 radical (unpaired) electrons. The normalized spacial score (nSPS) is 15.5. The molecule has 1 fully saturated rings. The smallest absolute Gasteiger partial charge is 0.410 e. The molecule has 0 aliphatic carbocycles. The Hall–Kier alpha value is -2.31. The van der Waals surface area contributed by atoms with E-state index in [-0.39, 0.29) is 11.7 Å². The standard InChI is InChI=1S/C16H21FN2O4/c1-16(2,3)23-15(22)19-8-6-18(7-9-19)13-5-4-11(17)10-12(13)14(20)21/h4-5,10H,6-9H2,1-3H3,(H,20,21). The van der Waals surface area contributed by atoms with Crippen molar-refractivity contribution < 1.29 is 23.8 Å². The monoisotopic (exact) mass is 324 g/mol. The zero-order valence-electron chi connectivity index (χ0n) is 13.5. The van der Waals surface area contributed by atoms with Crippen molar-refractivity contribution in [3.05, 3.63) is 29.6 Å². The summed E-state index contributed by atoms with van der Waals surface area (Å²) in [6.45, 7) is 7.18. The lowest BCUT2D eigenvalue weighted by molar-refractivity contribution is 0.0240. The highest BCUT2D eigenvalue weighted by Crippen LogP contribution is 2.23. The summed E-state index contributed by atoms with van der Waals surface area (Å²) in [5.74, 6) is -1.76. The number of piperazine rings is 1. The Balaban J connectivity index is 2.05. The van der Waals surface area contributed by atoms with Crippen molar-refractivity contribution in [3.63, 3.8) is 0 Å². The second kappa shape index (κ2) is 6.44. The van der Waals surface area contributed by atoms with Crippen molar-refractivity contribution in [2.24, 2.45) is 0 Å². The van der Waals surface area contributed by atoms with Gasteiger partial charge in [0.15, 0.2) is 0 Å². The molecule has 2 rings (SSSR count). The molecule has 0 aromatic heterocycles. The Labute approximate surface area is 134 Å². The van der Waals surface area contributed by atoms with Gasteiger partial charge in [-0.15, -0.1) is 0 Å². The van der Waals surface area contributed by atoms with Gasteiger partial charge in [0.05, 0.1) is 11.3 Å². The molecule has 1 heterocycles. The van der Waals surface area contributed by atoms with Crippen molar-refractivity contribution in [2.45, 2.75) is 26.4 Å². The zero-order chi connectivity index (χ0) is 17.2. The summed E-state index contributed by atoms with van der Waals surface area (Å²) in [6, 6.07) is 3.71. The average molecular weight is 324 g/mol. The zero-order valence-corrected chi connectivity index (χ0v) is 13.5. The van der Waals surface area contributed by atoms with Gasteiger partial charge < -0.3 is 19.6 Å². The molecule has 1 aromatic rings. The van der Waals surface area contributed by atoms with E-state index < -0.39 is 17.4 Å². The Morgan fingerprint density at radius 2 is 1.78 bits per heavy atom. The van der Waals surface area contributed by atoms with Gasteiger partial charge in [0, 0.05) is 26.2 Å². The second-order valence-electron chi connectivity index (χ2n) is 6.42. The van der Waals surface area contributed by atoms with Crippen molar-refractivity contribution >= 4 is 17.7 Å². The summed E-state index contributed by atoms with van der Waals surface area (Å²) in [5.41, 5.74) is -0.166. The minimum absolute atomic E-state index is 0.0734. The number of carboxylic acid groups (broad SMARTS) is 1. The van der Waals surface area contributed by atoms with Crippen LogP contribution in [0.4, 0.5) is 14.9 Å². The summed E-state index contributed by atoms with van der Waals surface area (Å²) in [6.07, 6.45) is -0.380. The third kappa shape index (κ3) is 4.34. The molecule has 1 aromatic carbocycles. The van der Waals surface area contributed by atoms with Crippen LogP contribution in [0, 0.1) is 5.82 Å². The van der Waals surface area contributed by atoms with Crippen molar-refractivity contribution in [1.29, 1.82) is 0 Å². The van der Waals surface area contributed by atoms with E-state index in [1.807, 2.05) is 4.90 Å². The van der Waals surface area contributed by atoms with Gasteiger partial charge >= 0.3 is 12.1 Å². The SMILES string of the molecule is CC(C)(C)OC(=O)N1CCN(c2ccc(F)cc2C(=O)O)CC1. The average Bonchev–Trinajstić information content (AvgIpc) is 2.45. The van der Waals surface area contributed by atoms with Crippen LogP contribution in [0.5, 0.6) is 0 Å². The fraction of sp³-hybridized carbons (Fsp3) is 0.500. The number of anilines is 1. The van der Waals surface area contributed by atoms with Crippen LogP contribution in [0.1, 0.15) is 31.1 Å². The molecule has 126 valence electrons. The van der Waals surface area contributed by atoms with Crippen molar-refractivity contribution in [2.75, 3.05) is 31.1 Å². The van der Waals surface area contributed by atoms with Crippen molar-refractivity contribution in [3.8, 4) is 0 Å². The molecule has 1 N–H and O–H groups in total. The van der Waals surface area contributed by atoms with Gasteiger partial charge in [-0.3, -0.25) is 0 Å². The van der Waals surface area contributed by atoms with Gasteiger partial charge in [-0.2, -0.15) is 0 Å². The first-order valence-corrected chi connectivity index (χ1v) is 7.43. The molecule has 6 nitrogen and oxygen atoms in total. The fourth-order valence-corrected chi connectivity index (χ4v) is 2.41. The van der Waals surface area contributed by atoms with Crippen molar-refractivity contribution in [1.82, 2.24) is 4.90 Å². The van der Waals surface area contributed by atoms with Crippen LogP contribution in [0.25, 0.3) is 0 Å². The molecule has 7 heteroatoms. The third-order valence-corrected chi connectivity index (χ3v) is 3.46. The highest BCUT2D eigenvalue weighted by Gasteiger charge is 2.27. The number of carbonyl (C=O) groups is 2. The molecule has 1 saturated heterocycles. The summed E-state index contributed by atoms with van der Waals surface area (Å²) < 4.78 is 18.6. The second-order valence-corrected chi connectivity index (χ2v) is 6.42. The molecule has 23 heavy (non-hydrogen) atoms. The maximum Gasteiger partial charge on any atom is 0.410 e. The molecule has 1 amide bonds. The van der Waals surface area contributed by atoms with Crippen LogP contribution in [0.3, 0.4) is 0 Å². The first-order valence-electron chi connectivity index (χ1n) is 7.43. The van der Waals surface area contributed by atoms with Gasteiger partial charge in [0.25, 0.3) is 0 Å². The van der Waals surface area contributed by atoms with Crippen LogP contribution >= 0.6 is 0 Å². The summed E-state index contributed by atoms with van der Waals surface area (Å²) in [4.78, 5) is 26.7. The van der Waals surface area contributed by atoms with E-state index in [0.717, 1.165) is 6.07 Å². The number of ether oxygens (including phenoxy) is 1. The molecular formula is C16H21FN2O4. The van der Waals surface area contributed by atoms with Gasteiger partial charge in [-0.05, 0) is 39.0 Å². The lowest BCUT2D eigenvalue weighted by Crippen LogP contribution is -2.50. The van der Waals surface area contributed by atoms with Gasteiger partial charge in [-0.1, -0.05) is 0 Å². The van der Waals surface area contributed by atoms with E-state index in [9.17, 15) is 19.1 Å². The lowest BCUT2D eigenvalue weighted by Gasteiger charge is -2.37. The van der Waals surface area contributed by atoms with E-state index >= 15 is 0 Å². The van der Waals surface area contributed by atoms with Crippen LogP contribution in [-0.4, -0.2) is 53.8 Å². The van der Waals surface area contributed by atoms with E-state index in [4.69, 9.17) is 4.74 Å². The van der Waals surface area contributed by atoms with Crippen LogP contribution in [-0.2, 0) is 4.74 Å². The molecular weight excluding hydrogens is 303 g/mol. The van der Waals surface area contributed by atoms with E-state index in [1.165, 1.54) is 12.1 Å². The fourth-order valence-electron chi connectivity index (χ4n) is 2.41. The number of carbonyl (C=O) groups excluding carboxylic acids is 1. The molecule has 0 saturated carbocycles. The Bertz CT molecular complexity index is 605. The number of halogens is 1. The maximum absolute atomic E-state index is 13.2. The quantitative estimate of drug-likeness (QED) is 0.905. The predicted molar refractivity (Wildman–Crippen MR) is 83.4 cm³/mol. The summed E-state index contributed by atoms with van der Waals surface area (Å²) >= 11 is 0. The topological polar surface area (TPSA) is 70.1 Å². The molecule has 0 unspecified atom stereocenters. The predicted octanol–water partition coefficient (Wildman–Crippen LogP) is 2.58. The number of benzene rings is 1.